The second-order valence-electron chi connectivity index (χ2n) is 2.56. The zero-order valence-electron chi connectivity index (χ0n) is 7.60. The summed E-state index contributed by atoms with van der Waals surface area (Å²) in [6.45, 7) is 0.959. The fourth-order valence-electron chi connectivity index (χ4n) is 0.659. The summed E-state index contributed by atoms with van der Waals surface area (Å²) in [4.78, 5) is 21.6. The fraction of sp³-hybridized carbons (Fsp3) is 0.714. The predicted molar refractivity (Wildman–Crippen MR) is 40.7 cm³/mol. The number of carbonyl (C=O) groups excluding carboxylic acids is 2. The van der Waals surface area contributed by atoms with Crippen molar-refractivity contribution < 1.29 is 29.3 Å². The Labute approximate surface area is 75.1 Å². The van der Waals surface area contributed by atoms with Crippen molar-refractivity contribution in [3.63, 3.8) is 0 Å². The van der Waals surface area contributed by atoms with E-state index in [-0.39, 0.29) is 0 Å². The maximum absolute atomic E-state index is 10.9. The molecule has 0 saturated carbocycles. The van der Waals surface area contributed by atoms with Crippen molar-refractivity contribution in [1.82, 2.24) is 0 Å². The first-order valence-corrected chi connectivity index (χ1v) is 3.44. The van der Waals surface area contributed by atoms with E-state index in [1.165, 1.54) is 0 Å². The van der Waals surface area contributed by atoms with Gasteiger partial charge in [-0.2, -0.15) is 0 Å². The molecule has 0 aliphatic carbocycles. The van der Waals surface area contributed by atoms with Crippen LogP contribution < -0.4 is 0 Å². The number of methoxy groups -OCH3 is 2. The van der Waals surface area contributed by atoms with Gasteiger partial charge in [0.05, 0.1) is 14.2 Å². The number of aliphatic hydroxyl groups excluding tert-OH is 1. The maximum Gasteiger partial charge on any atom is 0.340 e. The number of aliphatic hydroxyl groups is 2. The quantitative estimate of drug-likeness (QED) is 0.525. The van der Waals surface area contributed by atoms with E-state index in [4.69, 9.17) is 5.11 Å². The zero-order chi connectivity index (χ0) is 10.6. The van der Waals surface area contributed by atoms with E-state index in [1.54, 1.807) is 0 Å². The van der Waals surface area contributed by atoms with Crippen molar-refractivity contribution in [2.75, 3.05) is 14.2 Å². The highest BCUT2D eigenvalue weighted by atomic mass is 16.6. The van der Waals surface area contributed by atoms with E-state index in [0.717, 1.165) is 21.1 Å². The van der Waals surface area contributed by atoms with Crippen LogP contribution in [0.2, 0.25) is 0 Å². The molecule has 0 saturated heterocycles. The number of rotatable bonds is 3. The molecule has 2 atom stereocenters. The molecule has 0 rings (SSSR count). The number of ether oxygens (including phenoxy) is 2. The first-order valence-electron chi connectivity index (χ1n) is 3.44. The van der Waals surface area contributed by atoms with Gasteiger partial charge in [0, 0.05) is 0 Å². The lowest BCUT2D eigenvalue weighted by Gasteiger charge is -2.23. The number of hydrogen-bond donors (Lipinski definition) is 2. The fourth-order valence-corrected chi connectivity index (χ4v) is 0.659. The maximum atomic E-state index is 10.9. The summed E-state index contributed by atoms with van der Waals surface area (Å²) in [5.74, 6) is -2.21. The van der Waals surface area contributed by atoms with Gasteiger partial charge in [-0.15, -0.1) is 0 Å². The van der Waals surface area contributed by atoms with Gasteiger partial charge in [0.25, 0.3) is 0 Å². The molecule has 2 N–H and O–H groups in total. The molecule has 0 unspecified atom stereocenters. The summed E-state index contributed by atoms with van der Waals surface area (Å²) in [6.07, 6.45) is -1.95. The van der Waals surface area contributed by atoms with Crippen LogP contribution in [0.25, 0.3) is 0 Å². The normalized spacial score (nSPS) is 17.0. The molecule has 0 aromatic rings. The highest BCUT2D eigenvalue weighted by Crippen LogP contribution is 2.12. The van der Waals surface area contributed by atoms with Crippen LogP contribution in [0.5, 0.6) is 0 Å². The Morgan fingerprint density at radius 3 is 2.08 bits per heavy atom. The Hall–Kier alpha value is -1.14. The minimum absolute atomic E-state index is 0.959. The lowest BCUT2D eigenvalue weighted by Crippen LogP contribution is -2.51. The van der Waals surface area contributed by atoms with E-state index >= 15 is 0 Å². The lowest BCUT2D eigenvalue weighted by atomic mass is 10.00. The molecule has 76 valence electrons. The summed E-state index contributed by atoms with van der Waals surface area (Å²) in [5, 5.41) is 18.4. The van der Waals surface area contributed by atoms with Crippen molar-refractivity contribution in [2.24, 2.45) is 0 Å². The van der Waals surface area contributed by atoms with Crippen LogP contribution in [-0.2, 0) is 19.1 Å². The number of esters is 2. The molecular weight excluding hydrogens is 180 g/mol. The van der Waals surface area contributed by atoms with Crippen LogP contribution in [0.1, 0.15) is 6.92 Å². The molecule has 0 radical (unpaired) electrons. The minimum atomic E-state index is -2.29. The highest BCUT2D eigenvalue weighted by molar-refractivity contribution is 5.88. The van der Waals surface area contributed by atoms with Gasteiger partial charge in [-0.1, -0.05) is 0 Å². The standard InChI is InChI=1S/C7H12O6/c1-7(11,6(10)13-3)4(8)5(9)12-2/h4,8,11H,1-3H3/t4-,7+/m1/s1. The third-order valence-corrected chi connectivity index (χ3v) is 1.56. The summed E-state index contributed by atoms with van der Waals surface area (Å²) in [7, 11) is 2.06. The van der Waals surface area contributed by atoms with Crippen LogP contribution in [0.4, 0.5) is 0 Å². The van der Waals surface area contributed by atoms with Gasteiger partial charge >= 0.3 is 11.9 Å². The summed E-state index contributed by atoms with van der Waals surface area (Å²) >= 11 is 0. The molecule has 0 amide bonds. The number of carbonyl (C=O) groups is 2. The van der Waals surface area contributed by atoms with Gasteiger partial charge in [0.2, 0.25) is 0 Å². The molecule has 0 fully saturated rings. The van der Waals surface area contributed by atoms with E-state index in [9.17, 15) is 14.7 Å². The first-order chi connectivity index (χ1) is 5.87. The Morgan fingerprint density at radius 1 is 1.31 bits per heavy atom. The van der Waals surface area contributed by atoms with Crippen molar-refractivity contribution in [3.8, 4) is 0 Å². The summed E-state index contributed by atoms with van der Waals surface area (Å²) < 4.78 is 8.31. The molecule has 0 aromatic heterocycles. The largest absolute Gasteiger partial charge is 0.467 e. The van der Waals surface area contributed by atoms with Crippen LogP contribution in [-0.4, -0.2) is 48.1 Å². The van der Waals surface area contributed by atoms with Crippen LogP contribution >= 0.6 is 0 Å². The van der Waals surface area contributed by atoms with Crippen LogP contribution in [0, 0.1) is 0 Å². The second-order valence-corrected chi connectivity index (χ2v) is 2.56. The SMILES string of the molecule is COC(=O)[C@@H](O)[C@](C)(O)C(=O)OC. The Kier molecular flexibility index (Phi) is 3.83. The highest BCUT2D eigenvalue weighted by Gasteiger charge is 2.44. The molecule has 0 spiro atoms. The molecule has 0 aliphatic heterocycles. The lowest BCUT2D eigenvalue weighted by molar-refractivity contribution is -0.184. The van der Waals surface area contributed by atoms with E-state index in [2.05, 4.69) is 9.47 Å². The van der Waals surface area contributed by atoms with Gasteiger partial charge in [-0.05, 0) is 6.92 Å². The Morgan fingerprint density at radius 2 is 1.77 bits per heavy atom. The van der Waals surface area contributed by atoms with Crippen molar-refractivity contribution >= 4 is 11.9 Å². The summed E-state index contributed by atoms with van der Waals surface area (Å²) in [6, 6.07) is 0. The van der Waals surface area contributed by atoms with Gasteiger partial charge in [-0.25, -0.2) is 9.59 Å². The molecule has 6 nitrogen and oxygen atoms in total. The van der Waals surface area contributed by atoms with Crippen molar-refractivity contribution in [3.05, 3.63) is 0 Å². The monoisotopic (exact) mass is 192 g/mol. The van der Waals surface area contributed by atoms with Gasteiger partial charge in [-0.3, -0.25) is 0 Å². The molecule has 13 heavy (non-hydrogen) atoms. The van der Waals surface area contributed by atoms with E-state index < -0.39 is 23.6 Å². The van der Waals surface area contributed by atoms with Crippen LogP contribution in [0.3, 0.4) is 0 Å². The average molecular weight is 192 g/mol. The van der Waals surface area contributed by atoms with Crippen LogP contribution in [0.15, 0.2) is 0 Å². The second kappa shape index (κ2) is 4.20. The Balaban J connectivity index is 4.62. The van der Waals surface area contributed by atoms with Gasteiger partial charge in [0.15, 0.2) is 11.7 Å². The third kappa shape index (κ3) is 2.40. The smallest absolute Gasteiger partial charge is 0.340 e. The predicted octanol–water partition coefficient (Wildman–Crippen LogP) is -1.56. The topological polar surface area (TPSA) is 93.1 Å². The zero-order valence-corrected chi connectivity index (χ0v) is 7.60. The molecule has 0 heterocycles. The first kappa shape index (κ1) is 11.9. The third-order valence-electron chi connectivity index (χ3n) is 1.56. The van der Waals surface area contributed by atoms with Gasteiger partial charge < -0.3 is 19.7 Å². The van der Waals surface area contributed by atoms with E-state index in [1.807, 2.05) is 0 Å². The molecule has 0 bridgehead atoms. The molecule has 0 aromatic carbocycles. The van der Waals surface area contributed by atoms with Gasteiger partial charge in [0.1, 0.15) is 0 Å². The minimum Gasteiger partial charge on any atom is -0.467 e. The van der Waals surface area contributed by atoms with Crippen molar-refractivity contribution in [2.45, 2.75) is 18.6 Å². The van der Waals surface area contributed by atoms with Crippen molar-refractivity contribution in [1.29, 1.82) is 0 Å². The Bertz CT molecular complexity index is 209. The number of hydrogen-bond acceptors (Lipinski definition) is 6. The molecular formula is C7H12O6. The molecule has 0 aliphatic rings. The summed E-state index contributed by atoms with van der Waals surface area (Å²) in [5.41, 5.74) is -2.29. The molecule has 6 heteroatoms. The van der Waals surface area contributed by atoms with E-state index in [0.29, 0.717) is 0 Å². The average Bonchev–Trinajstić information content (AvgIpc) is 2.13.